The van der Waals surface area contributed by atoms with Gasteiger partial charge in [0.2, 0.25) is 5.91 Å². The van der Waals surface area contributed by atoms with Crippen LogP contribution in [-0.4, -0.2) is 49.4 Å². The van der Waals surface area contributed by atoms with Crippen molar-refractivity contribution in [2.45, 2.75) is 31.9 Å². The van der Waals surface area contributed by atoms with Gasteiger partial charge in [-0.1, -0.05) is 6.07 Å². The van der Waals surface area contributed by atoms with Crippen LogP contribution >= 0.6 is 0 Å². The Bertz CT molecular complexity index is 1090. The van der Waals surface area contributed by atoms with Gasteiger partial charge >= 0.3 is 12.1 Å². The molecule has 9 heteroatoms. The summed E-state index contributed by atoms with van der Waals surface area (Å²) < 4.78 is 43.2. The number of likely N-dealkylation sites (tertiary alicyclic amines) is 1. The van der Waals surface area contributed by atoms with Crippen LogP contribution in [0, 0.1) is 5.92 Å². The van der Waals surface area contributed by atoms with E-state index in [2.05, 4.69) is 0 Å². The second-order valence-corrected chi connectivity index (χ2v) is 8.53. The molecule has 4 rings (SSSR count). The van der Waals surface area contributed by atoms with Crippen LogP contribution in [0.15, 0.2) is 42.5 Å². The van der Waals surface area contributed by atoms with E-state index in [1.807, 2.05) is 6.07 Å². The summed E-state index contributed by atoms with van der Waals surface area (Å²) in [5.41, 5.74) is 1.39. The van der Waals surface area contributed by atoms with Crippen molar-refractivity contribution in [2.24, 2.45) is 5.92 Å². The van der Waals surface area contributed by atoms with Crippen LogP contribution < -0.4 is 4.90 Å². The van der Waals surface area contributed by atoms with Crippen molar-refractivity contribution in [2.75, 3.05) is 31.6 Å². The van der Waals surface area contributed by atoms with Crippen molar-refractivity contribution < 1.29 is 32.3 Å². The summed E-state index contributed by atoms with van der Waals surface area (Å²) in [7, 11) is 1.33. The summed E-state index contributed by atoms with van der Waals surface area (Å²) in [5, 5.41) is 0. The maximum atomic E-state index is 13.3. The van der Waals surface area contributed by atoms with E-state index < -0.39 is 17.7 Å². The number of methoxy groups -OCH3 is 1. The molecule has 180 valence electrons. The molecule has 0 aliphatic carbocycles. The number of benzene rings is 2. The Morgan fingerprint density at radius 2 is 1.65 bits per heavy atom. The van der Waals surface area contributed by atoms with Crippen molar-refractivity contribution >= 4 is 23.5 Å². The minimum atomic E-state index is -4.45. The van der Waals surface area contributed by atoms with Crippen LogP contribution in [0.2, 0.25) is 0 Å². The molecular weight excluding hydrogens is 449 g/mol. The number of anilines is 1. The molecule has 1 saturated heterocycles. The van der Waals surface area contributed by atoms with Crippen molar-refractivity contribution in [1.82, 2.24) is 4.90 Å². The van der Waals surface area contributed by atoms with E-state index in [4.69, 9.17) is 4.74 Å². The zero-order valence-corrected chi connectivity index (χ0v) is 18.7. The van der Waals surface area contributed by atoms with Crippen LogP contribution in [0.1, 0.15) is 51.1 Å². The number of hydrogen-bond donors (Lipinski definition) is 0. The van der Waals surface area contributed by atoms with Crippen LogP contribution in [-0.2, 0) is 22.1 Å². The van der Waals surface area contributed by atoms with E-state index in [0.717, 1.165) is 29.8 Å². The fourth-order valence-electron chi connectivity index (χ4n) is 4.69. The second kappa shape index (κ2) is 9.48. The average Bonchev–Trinajstić information content (AvgIpc) is 2.86. The predicted octanol–water partition coefficient (Wildman–Crippen LogP) is 4.32. The largest absolute Gasteiger partial charge is 0.465 e. The topological polar surface area (TPSA) is 66.9 Å². The smallest absolute Gasteiger partial charge is 0.416 e. The molecule has 2 aliphatic rings. The number of piperidine rings is 1. The van der Waals surface area contributed by atoms with Crippen LogP contribution in [0.5, 0.6) is 0 Å². The maximum absolute atomic E-state index is 13.3. The Balaban J connectivity index is 1.42. The fraction of sp³-hybridized carbons (Fsp3) is 0.400. The van der Waals surface area contributed by atoms with Gasteiger partial charge in [0.15, 0.2) is 0 Å². The van der Waals surface area contributed by atoms with Crippen LogP contribution in [0.25, 0.3) is 0 Å². The van der Waals surface area contributed by atoms with Gasteiger partial charge in [-0.05, 0) is 67.6 Å². The number of carbonyl (C=O) groups is 3. The van der Waals surface area contributed by atoms with E-state index in [1.165, 1.54) is 19.2 Å². The molecule has 34 heavy (non-hydrogen) atoms. The van der Waals surface area contributed by atoms with E-state index in [9.17, 15) is 27.6 Å². The first kappa shape index (κ1) is 23.8. The van der Waals surface area contributed by atoms with Crippen LogP contribution in [0.4, 0.5) is 18.9 Å². The van der Waals surface area contributed by atoms with Crippen molar-refractivity contribution in [3.8, 4) is 0 Å². The summed E-state index contributed by atoms with van der Waals surface area (Å²) in [6.45, 7) is 1.25. The number of halogens is 3. The highest BCUT2D eigenvalue weighted by atomic mass is 19.4. The number of rotatable bonds is 3. The summed E-state index contributed by atoms with van der Waals surface area (Å²) in [6, 6.07) is 9.45. The molecule has 0 saturated carbocycles. The minimum absolute atomic E-state index is 0.0374. The Hall–Kier alpha value is -3.36. The van der Waals surface area contributed by atoms with Gasteiger partial charge in [0.25, 0.3) is 5.91 Å². The first-order chi connectivity index (χ1) is 16.2. The zero-order chi connectivity index (χ0) is 24.5. The second-order valence-electron chi connectivity index (χ2n) is 8.53. The highest BCUT2D eigenvalue weighted by molar-refractivity contribution is 6.00. The predicted molar refractivity (Wildman–Crippen MR) is 119 cm³/mol. The maximum Gasteiger partial charge on any atom is 0.416 e. The number of esters is 1. The Kier molecular flexibility index (Phi) is 6.63. The first-order valence-corrected chi connectivity index (χ1v) is 11.2. The van der Waals surface area contributed by atoms with Crippen LogP contribution in [0.3, 0.4) is 0 Å². The summed E-state index contributed by atoms with van der Waals surface area (Å²) in [4.78, 5) is 41.5. The molecule has 2 heterocycles. The lowest BCUT2D eigenvalue weighted by molar-refractivity contribution is -0.137. The third-order valence-corrected chi connectivity index (χ3v) is 6.51. The number of carbonyl (C=O) groups excluding carboxylic acids is 3. The standard InChI is InChI=1S/C25H25F3N2O4/c1-34-24(33)20-4-2-6-21-19(20)5-3-13-30(21)23(32)17-11-14-29(15-12-17)22(31)16-7-9-18(10-8-16)25(26,27)28/h2,4,6-10,17H,3,5,11-15H2,1H3. The molecule has 0 bridgehead atoms. The van der Waals surface area contributed by atoms with Gasteiger partial charge < -0.3 is 14.5 Å². The number of nitrogens with zero attached hydrogens (tertiary/aromatic N) is 2. The quantitative estimate of drug-likeness (QED) is 0.622. The molecule has 2 aromatic rings. The molecule has 0 unspecified atom stereocenters. The summed E-state index contributed by atoms with van der Waals surface area (Å²) in [6.07, 6.45) is -2.10. The molecule has 0 aromatic heterocycles. The number of alkyl halides is 3. The molecule has 0 spiro atoms. The average molecular weight is 474 g/mol. The third-order valence-electron chi connectivity index (χ3n) is 6.51. The fourth-order valence-corrected chi connectivity index (χ4v) is 4.69. The number of amides is 2. The molecule has 2 amide bonds. The van der Waals surface area contributed by atoms with Gasteiger partial charge in [0.05, 0.1) is 18.2 Å². The van der Waals surface area contributed by atoms with E-state index in [-0.39, 0.29) is 23.3 Å². The number of hydrogen-bond acceptors (Lipinski definition) is 4. The molecule has 2 aromatic carbocycles. The lowest BCUT2D eigenvalue weighted by atomic mass is 9.91. The summed E-state index contributed by atoms with van der Waals surface area (Å²) >= 11 is 0. The van der Waals surface area contributed by atoms with Gasteiger partial charge in [-0.2, -0.15) is 13.2 Å². The zero-order valence-electron chi connectivity index (χ0n) is 18.7. The summed E-state index contributed by atoms with van der Waals surface area (Å²) in [5.74, 6) is -1.08. The normalized spacial score (nSPS) is 16.7. The first-order valence-electron chi connectivity index (χ1n) is 11.2. The molecule has 6 nitrogen and oxygen atoms in total. The lowest BCUT2D eigenvalue weighted by Crippen LogP contribution is -2.46. The Labute approximate surface area is 195 Å². The lowest BCUT2D eigenvalue weighted by Gasteiger charge is -2.36. The molecule has 2 aliphatic heterocycles. The molecule has 1 fully saturated rings. The minimum Gasteiger partial charge on any atom is -0.465 e. The van der Waals surface area contributed by atoms with Gasteiger partial charge in [0.1, 0.15) is 0 Å². The Morgan fingerprint density at radius 1 is 0.971 bits per heavy atom. The van der Waals surface area contributed by atoms with Gasteiger partial charge in [-0.25, -0.2) is 4.79 Å². The van der Waals surface area contributed by atoms with E-state index in [0.29, 0.717) is 44.5 Å². The SMILES string of the molecule is COC(=O)c1cccc2c1CCCN2C(=O)C1CCN(C(=O)c2ccc(C(F)(F)F)cc2)CC1. The highest BCUT2D eigenvalue weighted by Crippen LogP contribution is 2.33. The number of ether oxygens (including phenoxy) is 1. The van der Waals surface area contributed by atoms with Crippen molar-refractivity contribution in [1.29, 1.82) is 0 Å². The molecule has 0 N–H and O–H groups in total. The van der Waals surface area contributed by atoms with E-state index >= 15 is 0 Å². The molecular formula is C25H25F3N2O4. The van der Waals surface area contributed by atoms with Gasteiger partial charge in [-0.3, -0.25) is 9.59 Å². The monoisotopic (exact) mass is 474 g/mol. The van der Waals surface area contributed by atoms with E-state index in [1.54, 1.807) is 21.9 Å². The highest BCUT2D eigenvalue weighted by Gasteiger charge is 2.34. The third kappa shape index (κ3) is 4.64. The number of fused-ring (bicyclic) bond motifs is 1. The molecule has 0 atom stereocenters. The van der Waals surface area contributed by atoms with Crippen molar-refractivity contribution in [3.05, 3.63) is 64.7 Å². The van der Waals surface area contributed by atoms with Gasteiger partial charge in [0, 0.05) is 36.8 Å². The Morgan fingerprint density at radius 3 is 2.26 bits per heavy atom. The molecule has 0 radical (unpaired) electrons. The van der Waals surface area contributed by atoms with Gasteiger partial charge in [-0.15, -0.1) is 0 Å². The van der Waals surface area contributed by atoms with Crippen molar-refractivity contribution in [3.63, 3.8) is 0 Å².